The van der Waals surface area contributed by atoms with Gasteiger partial charge in [0.2, 0.25) is 0 Å². The summed E-state index contributed by atoms with van der Waals surface area (Å²) in [6, 6.07) is 59.6. The lowest BCUT2D eigenvalue weighted by molar-refractivity contribution is 0.673. The average Bonchev–Trinajstić information content (AvgIpc) is 3.57. The Hall–Kier alpha value is -6.58. The fourth-order valence-corrected chi connectivity index (χ4v) is 7.33. The molecule has 10 aromatic rings. The molecule has 0 aliphatic rings. The molecule has 0 fully saturated rings. The van der Waals surface area contributed by atoms with Crippen LogP contribution in [-0.4, -0.2) is 9.97 Å². The summed E-state index contributed by atoms with van der Waals surface area (Å²) in [5.74, 6) is 0.700. The lowest BCUT2D eigenvalue weighted by Gasteiger charge is -2.14. The van der Waals surface area contributed by atoms with E-state index in [9.17, 15) is 0 Å². The zero-order valence-electron chi connectivity index (χ0n) is 26.5. The van der Waals surface area contributed by atoms with Crippen LogP contribution in [0.3, 0.4) is 0 Å². The highest BCUT2D eigenvalue weighted by atomic mass is 16.3. The first-order chi connectivity index (χ1) is 24.3. The Morgan fingerprint density at radius 1 is 0.327 bits per heavy atom. The number of benzene rings is 8. The maximum absolute atomic E-state index is 6.59. The van der Waals surface area contributed by atoms with Gasteiger partial charge in [0.25, 0.3) is 0 Å². The minimum Gasteiger partial charge on any atom is -0.455 e. The van der Waals surface area contributed by atoms with E-state index in [2.05, 4.69) is 140 Å². The maximum Gasteiger partial charge on any atom is 0.160 e. The van der Waals surface area contributed by atoms with Gasteiger partial charge in [-0.05, 0) is 68.4 Å². The first-order valence-electron chi connectivity index (χ1n) is 16.6. The predicted octanol–water partition coefficient (Wildman–Crippen LogP) is 12.5. The van der Waals surface area contributed by atoms with Crippen molar-refractivity contribution in [2.75, 3.05) is 0 Å². The molecule has 49 heavy (non-hydrogen) atoms. The Labute approximate surface area is 282 Å². The van der Waals surface area contributed by atoms with Crippen molar-refractivity contribution in [3.8, 4) is 45.0 Å². The van der Waals surface area contributed by atoms with Gasteiger partial charge in [0, 0.05) is 32.8 Å². The second-order valence-corrected chi connectivity index (χ2v) is 12.5. The van der Waals surface area contributed by atoms with Gasteiger partial charge in [0.05, 0.1) is 11.4 Å². The molecule has 0 aliphatic carbocycles. The third-order valence-corrected chi connectivity index (χ3v) is 9.66. The molecule has 228 valence electrons. The molecule has 0 radical (unpaired) electrons. The van der Waals surface area contributed by atoms with Gasteiger partial charge in [0.1, 0.15) is 11.2 Å². The minimum absolute atomic E-state index is 0.700. The molecule has 0 aliphatic heterocycles. The maximum atomic E-state index is 6.59. The summed E-state index contributed by atoms with van der Waals surface area (Å²) < 4.78 is 6.59. The molecule has 10 rings (SSSR count). The van der Waals surface area contributed by atoms with Gasteiger partial charge in [-0.2, -0.15) is 0 Å². The lowest BCUT2D eigenvalue weighted by atomic mass is 9.91. The molecular weight excluding hydrogens is 597 g/mol. The number of fused-ring (bicyclic) bond motifs is 10. The molecule has 0 unspecified atom stereocenters. The highest BCUT2D eigenvalue weighted by Gasteiger charge is 2.18. The summed E-state index contributed by atoms with van der Waals surface area (Å²) in [7, 11) is 0. The van der Waals surface area contributed by atoms with E-state index >= 15 is 0 Å². The monoisotopic (exact) mass is 624 g/mol. The molecule has 2 aromatic heterocycles. The highest BCUT2D eigenvalue weighted by Crippen LogP contribution is 2.43. The zero-order chi connectivity index (χ0) is 32.3. The lowest BCUT2D eigenvalue weighted by Crippen LogP contribution is -1.96. The summed E-state index contributed by atoms with van der Waals surface area (Å²) in [5.41, 5.74) is 8.98. The number of hydrogen-bond acceptors (Lipinski definition) is 3. The number of furan rings is 1. The third kappa shape index (κ3) is 4.51. The molecular formula is C46H28N2O. The first-order valence-corrected chi connectivity index (χ1v) is 16.6. The van der Waals surface area contributed by atoms with Crippen LogP contribution in [0.25, 0.3) is 99.3 Å². The Morgan fingerprint density at radius 3 is 1.65 bits per heavy atom. The van der Waals surface area contributed by atoms with Crippen molar-refractivity contribution in [1.29, 1.82) is 0 Å². The Bertz CT molecular complexity index is 2870. The molecule has 8 aromatic carbocycles. The van der Waals surface area contributed by atoms with Crippen LogP contribution in [0.4, 0.5) is 0 Å². The highest BCUT2D eigenvalue weighted by molar-refractivity contribution is 6.32. The summed E-state index contributed by atoms with van der Waals surface area (Å²) in [6.07, 6.45) is 0. The second-order valence-electron chi connectivity index (χ2n) is 12.5. The molecule has 3 heteroatoms. The molecule has 0 saturated heterocycles. The molecule has 2 heterocycles. The normalized spacial score (nSPS) is 11.7. The van der Waals surface area contributed by atoms with Gasteiger partial charge in [-0.3, -0.25) is 0 Å². The second kappa shape index (κ2) is 11.0. The van der Waals surface area contributed by atoms with E-state index in [-0.39, 0.29) is 0 Å². The minimum atomic E-state index is 0.700. The van der Waals surface area contributed by atoms with E-state index < -0.39 is 0 Å². The number of para-hydroxylation sites is 1. The number of rotatable bonds is 4. The molecule has 0 amide bonds. The molecule has 0 atom stereocenters. The van der Waals surface area contributed by atoms with E-state index in [0.29, 0.717) is 5.82 Å². The molecule has 0 N–H and O–H groups in total. The van der Waals surface area contributed by atoms with Crippen molar-refractivity contribution in [1.82, 2.24) is 9.97 Å². The van der Waals surface area contributed by atoms with Crippen molar-refractivity contribution in [2.45, 2.75) is 0 Å². The summed E-state index contributed by atoms with van der Waals surface area (Å²) in [5, 5.41) is 9.34. The Balaban J connectivity index is 1.22. The topological polar surface area (TPSA) is 38.9 Å². The van der Waals surface area contributed by atoms with Crippen LogP contribution >= 0.6 is 0 Å². The van der Waals surface area contributed by atoms with Crippen molar-refractivity contribution >= 4 is 54.3 Å². The van der Waals surface area contributed by atoms with Gasteiger partial charge >= 0.3 is 0 Å². The number of aromatic nitrogens is 2. The van der Waals surface area contributed by atoms with Gasteiger partial charge in [-0.1, -0.05) is 140 Å². The van der Waals surface area contributed by atoms with Crippen LogP contribution in [0.5, 0.6) is 0 Å². The summed E-state index contributed by atoms with van der Waals surface area (Å²) in [6.45, 7) is 0. The Morgan fingerprint density at radius 2 is 0.878 bits per heavy atom. The quantitative estimate of drug-likeness (QED) is 0.183. The van der Waals surface area contributed by atoms with E-state index in [1.807, 2.05) is 30.3 Å². The van der Waals surface area contributed by atoms with Crippen molar-refractivity contribution in [2.24, 2.45) is 0 Å². The van der Waals surface area contributed by atoms with Crippen molar-refractivity contribution < 1.29 is 4.42 Å². The van der Waals surface area contributed by atoms with Crippen LogP contribution < -0.4 is 0 Å². The molecule has 0 spiro atoms. The van der Waals surface area contributed by atoms with Crippen LogP contribution in [0.2, 0.25) is 0 Å². The van der Waals surface area contributed by atoms with Crippen LogP contribution in [-0.2, 0) is 0 Å². The molecule has 0 bridgehead atoms. The van der Waals surface area contributed by atoms with Crippen molar-refractivity contribution in [3.05, 3.63) is 170 Å². The third-order valence-electron chi connectivity index (χ3n) is 9.66. The van der Waals surface area contributed by atoms with E-state index in [1.165, 1.54) is 27.1 Å². The predicted molar refractivity (Wildman–Crippen MR) is 204 cm³/mol. The molecule has 0 saturated carbocycles. The first kappa shape index (κ1) is 27.5. The molecule has 3 nitrogen and oxygen atoms in total. The van der Waals surface area contributed by atoms with Gasteiger partial charge < -0.3 is 4.42 Å². The largest absolute Gasteiger partial charge is 0.455 e. The zero-order valence-corrected chi connectivity index (χ0v) is 26.5. The number of hydrogen-bond donors (Lipinski definition) is 0. The SMILES string of the molecule is c1ccc(-c2cccc(-c3cc(-c4ccc5c(c4)c4ccccc4c4ccc6c7ccccc7oc6c45)nc(-c4ccccc4)n3)c2)cc1. The smallest absolute Gasteiger partial charge is 0.160 e. The fourth-order valence-electron chi connectivity index (χ4n) is 7.33. The van der Waals surface area contributed by atoms with Crippen LogP contribution in [0.15, 0.2) is 174 Å². The van der Waals surface area contributed by atoms with E-state index in [4.69, 9.17) is 14.4 Å². The van der Waals surface area contributed by atoms with Crippen LogP contribution in [0.1, 0.15) is 0 Å². The van der Waals surface area contributed by atoms with E-state index in [0.717, 1.165) is 66.4 Å². The summed E-state index contributed by atoms with van der Waals surface area (Å²) >= 11 is 0. The summed E-state index contributed by atoms with van der Waals surface area (Å²) in [4.78, 5) is 10.3. The standard InChI is InChI=1S/C46H28N2O/c1-3-12-29(13-4-1)31-16-11-17-32(26-31)41-28-42(48-46(47-41)30-14-5-2-6-15-30)33-22-23-38-40(27-33)35-19-8-7-18-34(35)37-24-25-39-36-20-9-10-21-43(36)49-45(39)44(37)38/h1-28H. The van der Waals surface area contributed by atoms with Crippen molar-refractivity contribution in [3.63, 3.8) is 0 Å². The number of nitrogens with zero attached hydrogens (tertiary/aromatic N) is 2. The fraction of sp³-hybridized carbons (Fsp3) is 0. The Kier molecular flexibility index (Phi) is 6.18. The van der Waals surface area contributed by atoms with Crippen LogP contribution in [0, 0.1) is 0 Å². The van der Waals surface area contributed by atoms with Gasteiger partial charge in [0.15, 0.2) is 5.82 Å². The average molecular weight is 625 g/mol. The van der Waals surface area contributed by atoms with Gasteiger partial charge in [-0.25, -0.2) is 9.97 Å². The van der Waals surface area contributed by atoms with Gasteiger partial charge in [-0.15, -0.1) is 0 Å². The van der Waals surface area contributed by atoms with E-state index in [1.54, 1.807) is 0 Å².